The van der Waals surface area contributed by atoms with Gasteiger partial charge in [-0.15, -0.1) is 5.10 Å². The van der Waals surface area contributed by atoms with E-state index in [4.69, 9.17) is 0 Å². The molecule has 3 aromatic rings. The topological polar surface area (TPSA) is 68.8 Å². The highest BCUT2D eigenvalue weighted by Gasteiger charge is 2.33. The van der Waals surface area contributed by atoms with Crippen molar-refractivity contribution in [3.63, 3.8) is 0 Å². The van der Waals surface area contributed by atoms with Crippen LogP contribution in [-0.4, -0.2) is 42.1 Å². The number of hydrogen-bond donors (Lipinski definition) is 0. The van der Waals surface area contributed by atoms with Crippen molar-refractivity contribution in [3.8, 4) is 0 Å². The van der Waals surface area contributed by atoms with Crippen LogP contribution in [0.3, 0.4) is 0 Å². The van der Waals surface area contributed by atoms with Crippen LogP contribution < -0.4 is 0 Å². The Hall–Kier alpha value is -3.17. The lowest BCUT2D eigenvalue weighted by molar-refractivity contribution is -0.138. The molecular formula is C18H19F3N6O. The average molecular weight is 392 g/mol. The van der Waals surface area contributed by atoms with E-state index in [0.29, 0.717) is 13.1 Å². The first-order chi connectivity index (χ1) is 13.3. The SMILES string of the molecule is CCN(Cc1cnn(C)c1)C(=O)c1cn(Cc2ccccc2C(F)(F)F)nn1. The van der Waals surface area contributed by atoms with E-state index in [9.17, 15) is 18.0 Å². The molecule has 0 aliphatic carbocycles. The number of aromatic nitrogens is 5. The van der Waals surface area contributed by atoms with Crippen LogP contribution in [0.2, 0.25) is 0 Å². The van der Waals surface area contributed by atoms with Gasteiger partial charge < -0.3 is 4.90 Å². The van der Waals surface area contributed by atoms with Crippen molar-refractivity contribution < 1.29 is 18.0 Å². The molecule has 0 unspecified atom stereocenters. The molecule has 0 radical (unpaired) electrons. The Morgan fingerprint density at radius 1 is 1.21 bits per heavy atom. The van der Waals surface area contributed by atoms with Crippen molar-refractivity contribution in [2.24, 2.45) is 7.05 Å². The van der Waals surface area contributed by atoms with Crippen LogP contribution in [-0.2, 0) is 26.3 Å². The van der Waals surface area contributed by atoms with Crippen LogP contribution in [0.15, 0.2) is 42.9 Å². The molecule has 3 rings (SSSR count). The smallest absolute Gasteiger partial charge is 0.333 e. The van der Waals surface area contributed by atoms with Crippen molar-refractivity contribution in [2.75, 3.05) is 6.54 Å². The Morgan fingerprint density at radius 2 is 1.96 bits per heavy atom. The molecule has 1 aromatic carbocycles. The molecule has 0 spiro atoms. The average Bonchev–Trinajstić information content (AvgIpc) is 3.27. The predicted molar refractivity (Wildman–Crippen MR) is 94.2 cm³/mol. The molecule has 28 heavy (non-hydrogen) atoms. The zero-order valence-electron chi connectivity index (χ0n) is 15.4. The van der Waals surface area contributed by atoms with E-state index in [1.807, 2.05) is 6.92 Å². The lowest BCUT2D eigenvalue weighted by Crippen LogP contribution is -2.30. The maximum Gasteiger partial charge on any atom is 0.416 e. The van der Waals surface area contributed by atoms with Crippen LogP contribution in [0.25, 0.3) is 0 Å². The van der Waals surface area contributed by atoms with Gasteiger partial charge in [-0.2, -0.15) is 18.3 Å². The zero-order chi connectivity index (χ0) is 20.3. The lowest BCUT2D eigenvalue weighted by atomic mass is 10.1. The standard InChI is InChI=1S/C18H19F3N6O/c1-3-26(10-13-8-22-25(2)9-13)17(28)16-12-27(24-23-16)11-14-6-4-5-7-15(14)18(19,20)21/h4-9,12H,3,10-11H2,1-2H3. The molecule has 0 N–H and O–H groups in total. The van der Waals surface area contributed by atoms with Gasteiger partial charge in [-0.3, -0.25) is 9.48 Å². The van der Waals surface area contributed by atoms with E-state index in [2.05, 4.69) is 15.4 Å². The van der Waals surface area contributed by atoms with Gasteiger partial charge in [0.15, 0.2) is 5.69 Å². The fourth-order valence-electron chi connectivity index (χ4n) is 2.85. The minimum absolute atomic E-state index is 0.0570. The number of halogens is 3. The van der Waals surface area contributed by atoms with Crippen molar-refractivity contribution in [1.29, 1.82) is 0 Å². The van der Waals surface area contributed by atoms with Crippen LogP contribution in [0.4, 0.5) is 13.2 Å². The van der Waals surface area contributed by atoms with Gasteiger partial charge in [-0.25, -0.2) is 4.68 Å². The largest absolute Gasteiger partial charge is 0.416 e. The third-order valence-corrected chi connectivity index (χ3v) is 4.21. The number of rotatable bonds is 6. The number of carbonyl (C=O) groups is 1. The summed E-state index contributed by atoms with van der Waals surface area (Å²) in [5, 5.41) is 11.7. The first-order valence-corrected chi connectivity index (χ1v) is 8.60. The van der Waals surface area contributed by atoms with Crippen LogP contribution >= 0.6 is 0 Å². The molecule has 10 heteroatoms. The maximum atomic E-state index is 13.1. The third-order valence-electron chi connectivity index (χ3n) is 4.21. The van der Waals surface area contributed by atoms with Gasteiger partial charge in [-0.05, 0) is 18.6 Å². The maximum absolute atomic E-state index is 13.1. The molecule has 1 amide bonds. The van der Waals surface area contributed by atoms with Gasteiger partial charge in [0, 0.05) is 31.9 Å². The van der Waals surface area contributed by atoms with Gasteiger partial charge in [0.25, 0.3) is 5.91 Å². The van der Waals surface area contributed by atoms with E-state index in [-0.39, 0.29) is 23.7 Å². The number of alkyl halides is 3. The van der Waals surface area contributed by atoms with Crippen LogP contribution in [0.1, 0.15) is 34.1 Å². The highest BCUT2D eigenvalue weighted by molar-refractivity contribution is 5.91. The summed E-state index contributed by atoms with van der Waals surface area (Å²) in [4.78, 5) is 14.2. The number of benzene rings is 1. The minimum atomic E-state index is -4.46. The Bertz CT molecular complexity index is 962. The Labute approximate surface area is 159 Å². The second-order valence-electron chi connectivity index (χ2n) is 6.30. The Balaban J connectivity index is 1.75. The molecule has 0 saturated carbocycles. The van der Waals surface area contributed by atoms with E-state index < -0.39 is 11.7 Å². The van der Waals surface area contributed by atoms with Crippen LogP contribution in [0, 0.1) is 0 Å². The molecule has 7 nitrogen and oxygen atoms in total. The second-order valence-corrected chi connectivity index (χ2v) is 6.30. The summed E-state index contributed by atoms with van der Waals surface area (Å²) < 4.78 is 42.3. The number of aryl methyl sites for hydroxylation is 1. The molecule has 0 fully saturated rings. The molecule has 0 atom stereocenters. The molecular weight excluding hydrogens is 373 g/mol. The summed E-state index contributed by atoms with van der Waals surface area (Å²) in [6.45, 7) is 2.49. The van der Waals surface area contributed by atoms with E-state index in [1.54, 1.807) is 29.0 Å². The summed E-state index contributed by atoms with van der Waals surface area (Å²) in [7, 11) is 1.78. The van der Waals surface area contributed by atoms with E-state index in [1.165, 1.54) is 29.1 Å². The second kappa shape index (κ2) is 7.83. The summed E-state index contributed by atoms with van der Waals surface area (Å²) >= 11 is 0. The number of carbonyl (C=O) groups excluding carboxylic acids is 1. The normalized spacial score (nSPS) is 11.6. The predicted octanol–water partition coefficient (Wildman–Crippen LogP) is 2.74. The van der Waals surface area contributed by atoms with Crippen molar-refractivity contribution in [3.05, 3.63) is 65.2 Å². The van der Waals surface area contributed by atoms with E-state index >= 15 is 0 Å². The summed E-state index contributed by atoms with van der Waals surface area (Å²) in [5.74, 6) is -0.346. The third kappa shape index (κ3) is 4.38. The van der Waals surface area contributed by atoms with E-state index in [0.717, 1.165) is 11.6 Å². The minimum Gasteiger partial charge on any atom is -0.333 e. The fourth-order valence-corrected chi connectivity index (χ4v) is 2.85. The first kappa shape index (κ1) is 19.6. The van der Waals surface area contributed by atoms with Gasteiger partial charge >= 0.3 is 6.18 Å². The molecule has 0 aliphatic heterocycles. The van der Waals surface area contributed by atoms with Gasteiger partial charge in [-0.1, -0.05) is 23.4 Å². The van der Waals surface area contributed by atoms with Crippen molar-refractivity contribution in [1.82, 2.24) is 29.7 Å². The van der Waals surface area contributed by atoms with Crippen molar-refractivity contribution in [2.45, 2.75) is 26.2 Å². The Kier molecular flexibility index (Phi) is 5.48. The number of nitrogens with zero attached hydrogens (tertiary/aromatic N) is 6. The number of hydrogen-bond acceptors (Lipinski definition) is 4. The van der Waals surface area contributed by atoms with Gasteiger partial charge in [0.05, 0.1) is 24.5 Å². The highest BCUT2D eigenvalue weighted by Crippen LogP contribution is 2.32. The quantitative estimate of drug-likeness (QED) is 0.647. The van der Waals surface area contributed by atoms with Crippen LogP contribution in [0.5, 0.6) is 0 Å². The number of amides is 1. The summed E-state index contributed by atoms with van der Waals surface area (Å²) in [6.07, 6.45) is 0.377. The Morgan fingerprint density at radius 3 is 2.61 bits per heavy atom. The van der Waals surface area contributed by atoms with Gasteiger partial charge in [0.1, 0.15) is 0 Å². The summed E-state index contributed by atoms with van der Waals surface area (Å²) in [5.41, 5.74) is 0.270. The molecule has 2 heterocycles. The zero-order valence-corrected chi connectivity index (χ0v) is 15.4. The fraction of sp³-hybridized carbons (Fsp3) is 0.333. The molecule has 0 saturated heterocycles. The van der Waals surface area contributed by atoms with Gasteiger partial charge in [0.2, 0.25) is 0 Å². The lowest BCUT2D eigenvalue weighted by Gasteiger charge is -2.18. The first-order valence-electron chi connectivity index (χ1n) is 8.60. The van der Waals surface area contributed by atoms with Crippen molar-refractivity contribution >= 4 is 5.91 Å². The monoisotopic (exact) mass is 392 g/mol. The molecule has 2 aromatic heterocycles. The highest BCUT2D eigenvalue weighted by atomic mass is 19.4. The molecule has 0 bridgehead atoms. The summed E-state index contributed by atoms with van der Waals surface area (Å²) in [6, 6.07) is 5.26. The molecule has 148 valence electrons. The molecule has 0 aliphatic rings.